The second-order valence-corrected chi connectivity index (χ2v) is 9.09. The third kappa shape index (κ3) is 3.41. The zero-order chi connectivity index (χ0) is 20.7. The van der Waals surface area contributed by atoms with Crippen molar-refractivity contribution in [3.8, 4) is 11.1 Å². The second-order valence-electron chi connectivity index (χ2n) is 9.09. The average molecular weight is 391 g/mol. The highest BCUT2D eigenvalue weighted by atomic mass is 16.3. The Morgan fingerprint density at radius 2 is 1.40 bits per heavy atom. The van der Waals surface area contributed by atoms with Gasteiger partial charge in [-0.2, -0.15) is 0 Å². The highest BCUT2D eigenvalue weighted by Crippen LogP contribution is 2.33. The fraction of sp³-hybridized carbons (Fsp3) is 0.172. The highest BCUT2D eigenvalue weighted by molar-refractivity contribution is 6.04. The van der Waals surface area contributed by atoms with Gasteiger partial charge in [0.2, 0.25) is 0 Å². The Morgan fingerprint density at radius 3 is 2.20 bits per heavy atom. The van der Waals surface area contributed by atoms with Crippen LogP contribution in [-0.4, -0.2) is 0 Å². The zero-order valence-corrected chi connectivity index (χ0v) is 17.8. The summed E-state index contributed by atoms with van der Waals surface area (Å²) >= 11 is 0. The third-order valence-electron chi connectivity index (χ3n) is 5.90. The van der Waals surface area contributed by atoms with Crippen molar-refractivity contribution in [2.75, 3.05) is 0 Å². The van der Waals surface area contributed by atoms with Crippen molar-refractivity contribution in [1.82, 2.24) is 0 Å². The molecule has 0 aliphatic heterocycles. The van der Waals surface area contributed by atoms with Gasteiger partial charge in [-0.15, -0.1) is 0 Å². The third-order valence-corrected chi connectivity index (χ3v) is 5.90. The van der Waals surface area contributed by atoms with Gasteiger partial charge < -0.3 is 4.42 Å². The maximum Gasteiger partial charge on any atom is 0.135 e. The van der Waals surface area contributed by atoms with Crippen molar-refractivity contribution in [3.63, 3.8) is 0 Å². The van der Waals surface area contributed by atoms with Crippen LogP contribution in [0.3, 0.4) is 0 Å². The lowest BCUT2D eigenvalue weighted by Gasteiger charge is -2.22. The van der Waals surface area contributed by atoms with Gasteiger partial charge in [0, 0.05) is 10.8 Å². The topological polar surface area (TPSA) is 13.1 Å². The quantitative estimate of drug-likeness (QED) is 0.303. The molecule has 0 bridgehead atoms. The van der Waals surface area contributed by atoms with Crippen LogP contribution in [0.25, 0.3) is 33.1 Å². The first-order valence-electron chi connectivity index (χ1n) is 10.6. The first-order chi connectivity index (χ1) is 14.5. The van der Waals surface area contributed by atoms with Crippen molar-refractivity contribution < 1.29 is 4.42 Å². The summed E-state index contributed by atoms with van der Waals surface area (Å²) in [6, 6.07) is 32.5. The van der Waals surface area contributed by atoms with E-state index in [-0.39, 0.29) is 5.41 Å². The number of benzene rings is 4. The molecule has 148 valence electrons. The number of hydrogen-bond donors (Lipinski definition) is 0. The fourth-order valence-corrected chi connectivity index (χ4v) is 4.18. The van der Waals surface area contributed by atoms with Gasteiger partial charge in [-0.05, 0) is 51.8 Å². The predicted octanol–water partition coefficient (Wildman–Crippen LogP) is 8.14. The van der Waals surface area contributed by atoms with E-state index in [0.29, 0.717) is 0 Å². The molecule has 0 spiro atoms. The molecule has 1 nitrogen and oxygen atoms in total. The summed E-state index contributed by atoms with van der Waals surface area (Å²) < 4.78 is 6.11. The average Bonchev–Trinajstić information content (AvgIpc) is 3.11. The summed E-state index contributed by atoms with van der Waals surface area (Å²) in [4.78, 5) is 0. The SMILES string of the molecule is CC(C)(C)c1ccc(Cc2ccc3c(c2)oc2ccccc23)c(-c2ccccc2)c1. The summed E-state index contributed by atoms with van der Waals surface area (Å²) in [5.41, 5.74) is 8.57. The van der Waals surface area contributed by atoms with Gasteiger partial charge in [-0.25, -0.2) is 0 Å². The Bertz CT molecular complexity index is 1330. The molecule has 0 aliphatic rings. The second kappa shape index (κ2) is 7.18. The number of furan rings is 1. The number of rotatable bonds is 3. The maximum absolute atomic E-state index is 6.11. The van der Waals surface area contributed by atoms with E-state index in [4.69, 9.17) is 4.42 Å². The number of fused-ring (bicyclic) bond motifs is 3. The van der Waals surface area contributed by atoms with Crippen molar-refractivity contribution >= 4 is 21.9 Å². The molecule has 4 aromatic carbocycles. The Balaban J connectivity index is 1.59. The van der Waals surface area contributed by atoms with E-state index in [1.165, 1.54) is 38.6 Å². The molecule has 0 fully saturated rings. The molecule has 0 N–H and O–H groups in total. The van der Waals surface area contributed by atoms with Crippen LogP contribution in [0.5, 0.6) is 0 Å². The van der Waals surface area contributed by atoms with Gasteiger partial charge in [0.15, 0.2) is 0 Å². The van der Waals surface area contributed by atoms with Crippen LogP contribution < -0.4 is 0 Å². The zero-order valence-electron chi connectivity index (χ0n) is 17.8. The van der Waals surface area contributed by atoms with Gasteiger partial charge in [0.1, 0.15) is 11.2 Å². The lowest BCUT2D eigenvalue weighted by Crippen LogP contribution is -2.11. The Morgan fingerprint density at radius 1 is 0.667 bits per heavy atom. The molecule has 30 heavy (non-hydrogen) atoms. The van der Waals surface area contributed by atoms with Crippen LogP contribution in [-0.2, 0) is 11.8 Å². The minimum Gasteiger partial charge on any atom is -0.456 e. The van der Waals surface area contributed by atoms with Gasteiger partial charge in [-0.3, -0.25) is 0 Å². The van der Waals surface area contributed by atoms with Gasteiger partial charge in [-0.1, -0.05) is 99.6 Å². The van der Waals surface area contributed by atoms with Gasteiger partial charge in [0.25, 0.3) is 0 Å². The molecule has 1 heteroatoms. The van der Waals surface area contributed by atoms with E-state index in [1.807, 2.05) is 12.1 Å². The summed E-state index contributed by atoms with van der Waals surface area (Å²) in [7, 11) is 0. The van der Waals surface area contributed by atoms with E-state index in [2.05, 4.69) is 99.6 Å². The predicted molar refractivity (Wildman–Crippen MR) is 127 cm³/mol. The monoisotopic (exact) mass is 390 g/mol. The maximum atomic E-state index is 6.11. The largest absolute Gasteiger partial charge is 0.456 e. The molecule has 0 unspecified atom stereocenters. The molecule has 0 aliphatic carbocycles. The fourth-order valence-electron chi connectivity index (χ4n) is 4.18. The standard InChI is InChI=1S/C29H26O/c1-29(2,3)23-15-14-22(26(19-23)21-9-5-4-6-10-21)17-20-13-16-25-24-11-7-8-12-27(24)30-28(25)18-20/h4-16,18-19H,17H2,1-3H3. The molecule has 1 aromatic heterocycles. The van der Waals surface area contributed by atoms with E-state index in [1.54, 1.807) is 0 Å². The summed E-state index contributed by atoms with van der Waals surface area (Å²) in [6.45, 7) is 6.81. The lowest BCUT2D eigenvalue weighted by molar-refractivity contribution is 0.590. The van der Waals surface area contributed by atoms with E-state index in [0.717, 1.165) is 17.6 Å². The molecule has 5 rings (SSSR count). The molecule has 0 amide bonds. The Hall–Kier alpha value is -3.32. The lowest BCUT2D eigenvalue weighted by atomic mass is 9.83. The summed E-state index contributed by atoms with van der Waals surface area (Å²) in [5, 5.41) is 2.36. The Labute approximate surface area is 178 Å². The van der Waals surface area contributed by atoms with E-state index in [9.17, 15) is 0 Å². The smallest absolute Gasteiger partial charge is 0.135 e. The van der Waals surface area contributed by atoms with Gasteiger partial charge >= 0.3 is 0 Å². The molecule has 0 radical (unpaired) electrons. The summed E-state index contributed by atoms with van der Waals surface area (Å²) in [6.07, 6.45) is 0.877. The highest BCUT2D eigenvalue weighted by Gasteiger charge is 2.17. The normalized spacial score (nSPS) is 12.0. The van der Waals surface area contributed by atoms with E-state index < -0.39 is 0 Å². The van der Waals surface area contributed by atoms with Crippen LogP contribution in [0.15, 0.2) is 95.4 Å². The first kappa shape index (κ1) is 18.7. The molecule has 0 atom stereocenters. The molecule has 5 aromatic rings. The van der Waals surface area contributed by atoms with Crippen molar-refractivity contribution in [2.24, 2.45) is 0 Å². The number of hydrogen-bond acceptors (Lipinski definition) is 1. The van der Waals surface area contributed by atoms with Crippen LogP contribution >= 0.6 is 0 Å². The molecular formula is C29H26O. The van der Waals surface area contributed by atoms with E-state index >= 15 is 0 Å². The van der Waals surface area contributed by atoms with Crippen molar-refractivity contribution in [1.29, 1.82) is 0 Å². The van der Waals surface area contributed by atoms with Crippen molar-refractivity contribution in [2.45, 2.75) is 32.6 Å². The minimum atomic E-state index is 0.120. The first-order valence-corrected chi connectivity index (χ1v) is 10.6. The van der Waals surface area contributed by atoms with Crippen LogP contribution in [0.1, 0.15) is 37.5 Å². The minimum absolute atomic E-state index is 0.120. The molecule has 0 saturated carbocycles. The number of para-hydroxylation sites is 1. The van der Waals surface area contributed by atoms with Gasteiger partial charge in [0.05, 0.1) is 0 Å². The molecule has 0 saturated heterocycles. The molecule has 1 heterocycles. The van der Waals surface area contributed by atoms with Crippen LogP contribution in [0, 0.1) is 0 Å². The van der Waals surface area contributed by atoms with Crippen LogP contribution in [0.4, 0.5) is 0 Å². The summed E-state index contributed by atoms with van der Waals surface area (Å²) in [5.74, 6) is 0. The molecular weight excluding hydrogens is 364 g/mol. The van der Waals surface area contributed by atoms with Crippen molar-refractivity contribution in [3.05, 3.63) is 108 Å². The van der Waals surface area contributed by atoms with Crippen LogP contribution in [0.2, 0.25) is 0 Å². The Kier molecular flexibility index (Phi) is 4.47.